The fraction of sp³-hybridized carbons (Fsp3) is 0.600. The number of rotatable bonds is 5. The first kappa shape index (κ1) is 17.9. The molecule has 5 heteroatoms. The maximum Gasteiger partial charge on any atom is 0.226 e. The number of likely N-dealkylation sites (tertiary alicyclic amines) is 1. The van der Waals surface area contributed by atoms with E-state index in [1.54, 1.807) is 17.0 Å². The van der Waals surface area contributed by atoms with Gasteiger partial charge in [-0.25, -0.2) is 4.39 Å². The summed E-state index contributed by atoms with van der Waals surface area (Å²) in [7, 11) is 1.83. The van der Waals surface area contributed by atoms with Crippen molar-refractivity contribution >= 4 is 11.8 Å². The predicted molar refractivity (Wildman–Crippen MR) is 94.4 cm³/mol. The molecular formula is C20H27FN2O2. The zero-order chi connectivity index (χ0) is 18.0. The van der Waals surface area contributed by atoms with Crippen LogP contribution in [0.4, 0.5) is 4.39 Å². The minimum atomic E-state index is -0.313. The highest BCUT2D eigenvalue weighted by molar-refractivity contribution is 5.79. The molecule has 4 nitrogen and oxygen atoms in total. The molecule has 0 spiro atoms. The zero-order valence-electron chi connectivity index (χ0n) is 15.1. The molecule has 1 heterocycles. The highest BCUT2D eigenvalue weighted by Gasteiger charge is 2.50. The molecular weight excluding hydrogens is 319 g/mol. The van der Waals surface area contributed by atoms with E-state index in [4.69, 9.17) is 0 Å². The lowest BCUT2D eigenvalue weighted by Gasteiger charge is -2.47. The summed E-state index contributed by atoms with van der Waals surface area (Å²) in [6, 6.07) is 6.47. The third-order valence-electron chi connectivity index (χ3n) is 5.96. The van der Waals surface area contributed by atoms with Crippen LogP contribution in [0.2, 0.25) is 0 Å². The summed E-state index contributed by atoms with van der Waals surface area (Å²) < 4.78 is 13.3. The molecule has 1 saturated carbocycles. The van der Waals surface area contributed by atoms with Crippen molar-refractivity contribution in [2.75, 3.05) is 20.1 Å². The number of carbonyl (C=O) groups excluding carboxylic acids is 2. The second-order valence-electron chi connectivity index (χ2n) is 7.51. The van der Waals surface area contributed by atoms with Gasteiger partial charge in [0.15, 0.2) is 0 Å². The summed E-state index contributed by atoms with van der Waals surface area (Å²) in [4.78, 5) is 28.6. The number of nitrogens with zero attached hydrogens (tertiary/aromatic N) is 2. The first-order chi connectivity index (χ1) is 11.9. The molecule has 1 aromatic rings. The number of amides is 2. The van der Waals surface area contributed by atoms with Crippen LogP contribution < -0.4 is 0 Å². The molecule has 2 atom stereocenters. The highest BCUT2D eigenvalue weighted by Crippen LogP contribution is 2.48. The quantitative estimate of drug-likeness (QED) is 0.822. The number of benzene rings is 1. The molecule has 136 valence electrons. The van der Waals surface area contributed by atoms with Crippen LogP contribution in [-0.4, -0.2) is 47.8 Å². The van der Waals surface area contributed by atoms with Crippen LogP contribution in [0.15, 0.2) is 24.3 Å². The van der Waals surface area contributed by atoms with Crippen LogP contribution in [0.25, 0.3) is 0 Å². The Balaban J connectivity index is 1.69. The maximum atomic E-state index is 13.3. The van der Waals surface area contributed by atoms with Gasteiger partial charge in [-0.15, -0.1) is 0 Å². The molecule has 0 radical (unpaired) electrons. The van der Waals surface area contributed by atoms with E-state index < -0.39 is 0 Å². The Kier molecular flexibility index (Phi) is 5.11. The standard InChI is InChI=1S/C20H27FN2O2/c1-3-23-17-8-5-10-20(17,11-9-18(23)24)14-22(2)19(25)13-15-6-4-7-16(21)12-15/h4,6-7,12,17H,3,5,8-11,13-14H2,1-2H3/t17-,20+/m1/s1. The lowest BCUT2D eigenvalue weighted by molar-refractivity contribution is -0.143. The number of hydrogen-bond acceptors (Lipinski definition) is 2. The molecule has 2 amide bonds. The van der Waals surface area contributed by atoms with Gasteiger partial charge in [-0.05, 0) is 43.9 Å². The van der Waals surface area contributed by atoms with E-state index in [9.17, 15) is 14.0 Å². The SMILES string of the molecule is CCN1C(=O)CC[C@]2(CN(C)C(=O)Cc3cccc(F)c3)CCC[C@@H]12. The van der Waals surface area contributed by atoms with E-state index >= 15 is 0 Å². The average Bonchev–Trinajstić information content (AvgIpc) is 2.98. The van der Waals surface area contributed by atoms with E-state index in [1.807, 2.05) is 18.9 Å². The summed E-state index contributed by atoms with van der Waals surface area (Å²) in [5.41, 5.74) is 0.724. The molecule has 0 unspecified atom stereocenters. The number of likely N-dealkylation sites (N-methyl/N-ethyl adjacent to an activating group) is 1. The van der Waals surface area contributed by atoms with E-state index in [0.717, 1.165) is 32.2 Å². The summed E-state index contributed by atoms with van der Waals surface area (Å²) in [5, 5.41) is 0. The molecule has 1 aliphatic carbocycles. The van der Waals surface area contributed by atoms with Crippen molar-refractivity contribution in [1.82, 2.24) is 9.80 Å². The van der Waals surface area contributed by atoms with Crippen molar-refractivity contribution in [1.29, 1.82) is 0 Å². The smallest absolute Gasteiger partial charge is 0.226 e. The molecule has 2 fully saturated rings. The van der Waals surface area contributed by atoms with E-state index in [1.165, 1.54) is 12.1 Å². The Morgan fingerprint density at radius 1 is 1.40 bits per heavy atom. The summed E-state index contributed by atoms with van der Waals surface area (Å²) >= 11 is 0. The highest BCUT2D eigenvalue weighted by atomic mass is 19.1. The van der Waals surface area contributed by atoms with Crippen molar-refractivity contribution in [2.45, 2.75) is 51.5 Å². The van der Waals surface area contributed by atoms with Crippen molar-refractivity contribution < 1.29 is 14.0 Å². The molecule has 1 saturated heterocycles. The fourth-order valence-corrected chi connectivity index (χ4v) is 4.75. The third kappa shape index (κ3) is 3.55. The Morgan fingerprint density at radius 2 is 2.20 bits per heavy atom. The van der Waals surface area contributed by atoms with Crippen LogP contribution in [0.3, 0.4) is 0 Å². The number of carbonyl (C=O) groups is 2. The lowest BCUT2D eigenvalue weighted by Crippen LogP contribution is -2.56. The van der Waals surface area contributed by atoms with Crippen molar-refractivity contribution in [2.24, 2.45) is 5.41 Å². The Morgan fingerprint density at radius 3 is 2.92 bits per heavy atom. The average molecular weight is 346 g/mol. The van der Waals surface area contributed by atoms with Crippen LogP contribution in [0.5, 0.6) is 0 Å². The van der Waals surface area contributed by atoms with Gasteiger partial charge < -0.3 is 9.80 Å². The van der Waals surface area contributed by atoms with Gasteiger partial charge in [0.2, 0.25) is 11.8 Å². The first-order valence-electron chi connectivity index (χ1n) is 9.23. The second-order valence-corrected chi connectivity index (χ2v) is 7.51. The van der Waals surface area contributed by atoms with Gasteiger partial charge in [-0.2, -0.15) is 0 Å². The molecule has 25 heavy (non-hydrogen) atoms. The van der Waals surface area contributed by atoms with Gasteiger partial charge in [0.1, 0.15) is 5.82 Å². The monoisotopic (exact) mass is 346 g/mol. The summed E-state index contributed by atoms with van der Waals surface area (Å²) in [6.07, 6.45) is 4.87. The van der Waals surface area contributed by atoms with Gasteiger partial charge in [-0.1, -0.05) is 18.6 Å². The second kappa shape index (κ2) is 7.14. The lowest BCUT2D eigenvalue weighted by atomic mass is 9.74. The molecule has 1 aromatic carbocycles. The topological polar surface area (TPSA) is 40.6 Å². The van der Waals surface area contributed by atoms with Gasteiger partial charge in [-0.3, -0.25) is 9.59 Å². The van der Waals surface area contributed by atoms with Gasteiger partial charge >= 0.3 is 0 Å². The van der Waals surface area contributed by atoms with Crippen molar-refractivity contribution in [3.05, 3.63) is 35.6 Å². The van der Waals surface area contributed by atoms with Crippen molar-refractivity contribution in [3.63, 3.8) is 0 Å². The zero-order valence-corrected chi connectivity index (χ0v) is 15.1. The summed E-state index contributed by atoms with van der Waals surface area (Å²) in [6.45, 7) is 3.45. The number of piperidine rings is 1. The van der Waals surface area contributed by atoms with Gasteiger partial charge in [0.25, 0.3) is 0 Å². The molecule has 2 aliphatic rings. The number of halogens is 1. The van der Waals surface area contributed by atoms with Crippen LogP contribution in [-0.2, 0) is 16.0 Å². The molecule has 0 aromatic heterocycles. The predicted octanol–water partition coefficient (Wildman–Crippen LogP) is 3.01. The normalized spacial score (nSPS) is 25.8. The molecule has 3 rings (SSSR count). The minimum Gasteiger partial charge on any atom is -0.345 e. The summed E-state index contributed by atoms with van der Waals surface area (Å²) in [5.74, 6) is -0.0591. The van der Waals surface area contributed by atoms with Crippen LogP contribution >= 0.6 is 0 Å². The van der Waals surface area contributed by atoms with Gasteiger partial charge in [0.05, 0.1) is 6.42 Å². The maximum absolute atomic E-state index is 13.3. The largest absolute Gasteiger partial charge is 0.345 e. The minimum absolute atomic E-state index is 0.00516. The Hall–Kier alpha value is -1.91. The van der Waals surface area contributed by atoms with Gasteiger partial charge in [0, 0.05) is 38.0 Å². The third-order valence-corrected chi connectivity index (χ3v) is 5.96. The van der Waals surface area contributed by atoms with Crippen LogP contribution in [0, 0.1) is 11.2 Å². The molecule has 0 N–H and O–H groups in total. The number of hydrogen-bond donors (Lipinski definition) is 0. The number of fused-ring (bicyclic) bond motifs is 1. The van der Waals surface area contributed by atoms with E-state index in [-0.39, 0.29) is 35.5 Å². The molecule has 1 aliphatic heterocycles. The fourth-order valence-electron chi connectivity index (χ4n) is 4.75. The van der Waals surface area contributed by atoms with Crippen molar-refractivity contribution in [3.8, 4) is 0 Å². The molecule has 0 bridgehead atoms. The van der Waals surface area contributed by atoms with E-state index in [0.29, 0.717) is 18.5 Å². The Labute approximate surface area is 149 Å². The first-order valence-corrected chi connectivity index (χ1v) is 9.23. The Bertz CT molecular complexity index is 663. The van der Waals surface area contributed by atoms with Crippen LogP contribution in [0.1, 0.15) is 44.6 Å². The van der Waals surface area contributed by atoms with E-state index in [2.05, 4.69) is 0 Å².